The van der Waals surface area contributed by atoms with Crippen molar-refractivity contribution in [3.05, 3.63) is 42.2 Å². The predicted octanol–water partition coefficient (Wildman–Crippen LogP) is 2.92. The van der Waals surface area contributed by atoms with E-state index in [1.165, 1.54) is 6.42 Å². The molecular formula is C17H23N3O. The molecule has 0 radical (unpaired) electrons. The number of benzene rings is 1. The Morgan fingerprint density at radius 2 is 2.19 bits per heavy atom. The summed E-state index contributed by atoms with van der Waals surface area (Å²) in [6.07, 6.45) is 2.38. The van der Waals surface area contributed by atoms with Gasteiger partial charge in [0.1, 0.15) is 5.69 Å². The van der Waals surface area contributed by atoms with Crippen LogP contribution in [-0.4, -0.2) is 35.7 Å². The quantitative estimate of drug-likeness (QED) is 0.886. The third kappa shape index (κ3) is 3.52. The maximum atomic E-state index is 5.54. The summed E-state index contributed by atoms with van der Waals surface area (Å²) in [6, 6.07) is 12.9. The third-order valence-corrected chi connectivity index (χ3v) is 4.05. The lowest BCUT2D eigenvalue weighted by Gasteiger charge is -2.26. The minimum Gasteiger partial charge on any atom is -0.359 e. The Hall–Kier alpha value is -1.65. The van der Waals surface area contributed by atoms with Crippen LogP contribution in [-0.2, 0) is 6.54 Å². The van der Waals surface area contributed by atoms with Crippen LogP contribution in [0.25, 0.3) is 11.3 Å². The summed E-state index contributed by atoms with van der Waals surface area (Å²) in [4.78, 5) is 2.51. The van der Waals surface area contributed by atoms with Gasteiger partial charge in [0.2, 0.25) is 0 Å². The van der Waals surface area contributed by atoms with Crippen molar-refractivity contribution < 1.29 is 4.52 Å². The molecule has 1 saturated heterocycles. The lowest BCUT2D eigenvalue weighted by molar-refractivity contribution is 0.178. The topological polar surface area (TPSA) is 41.3 Å². The van der Waals surface area contributed by atoms with Gasteiger partial charge in [-0.05, 0) is 25.9 Å². The van der Waals surface area contributed by atoms with Crippen molar-refractivity contribution in [2.24, 2.45) is 0 Å². The summed E-state index contributed by atoms with van der Waals surface area (Å²) in [5, 5.41) is 7.65. The SMILES string of the molecule is CCCN(Cc1cc(-c2ccccc2)no1)C1CCNC1. The van der Waals surface area contributed by atoms with Crippen LogP contribution in [0.4, 0.5) is 0 Å². The first-order chi connectivity index (χ1) is 10.4. The van der Waals surface area contributed by atoms with Gasteiger partial charge in [0.25, 0.3) is 0 Å². The molecule has 1 aromatic carbocycles. The number of hydrogen-bond donors (Lipinski definition) is 1. The summed E-state index contributed by atoms with van der Waals surface area (Å²) >= 11 is 0. The molecule has 1 atom stereocenters. The molecule has 1 N–H and O–H groups in total. The Labute approximate surface area is 126 Å². The summed E-state index contributed by atoms with van der Waals surface area (Å²) in [6.45, 7) is 6.38. The van der Waals surface area contributed by atoms with E-state index in [2.05, 4.69) is 40.5 Å². The van der Waals surface area contributed by atoms with Gasteiger partial charge < -0.3 is 9.84 Å². The maximum Gasteiger partial charge on any atom is 0.151 e. The number of hydrogen-bond acceptors (Lipinski definition) is 4. The zero-order chi connectivity index (χ0) is 14.5. The van der Waals surface area contributed by atoms with Crippen LogP contribution in [0.3, 0.4) is 0 Å². The van der Waals surface area contributed by atoms with E-state index in [1.807, 2.05) is 18.2 Å². The van der Waals surface area contributed by atoms with E-state index < -0.39 is 0 Å². The molecule has 0 bridgehead atoms. The fourth-order valence-electron chi connectivity index (χ4n) is 2.96. The fraction of sp³-hybridized carbons (Fsp3) is 0.471. The minimum absolute atomic E-state index is 0.621. The molecule has 112 valence electrons. The van der Waals surface area contributed by atoms with E-state index in [0.717, 1.165) is 49.6 Å². The Kier molecular flexibility index (Phi) is 4.68. The molecule has 0 spiro atoms. The van der Waals surface area contributed by atoms with Gasteiger partial charge in [0, 0.05) is 24.2 Å². The molecule has 1 aliphatic rings. The van der Waals surface area contributed by atoms with Gasteiger partial charge in [-0.25, -0.2) is 0 Å². The number of aromatic nitrogens is 1. The second kappa shape index (κ2) is 6.87. The molecular weight excluding hydrogens is 262 g/mol. The van der Waals surface area contributed by atoms with Crippen LogP contribution in [0.2, 0.25) is 0 Å². The van der Waals surface area contributed by atoms with Crippen LogP contribution in [0.5, 0.6) is 0 Å². The predicted molar refractivity (Wildman–Crippen MR) is 83.9 cm³/mol. The average Bonchev–Trinajstić information content (AvgIpc) is 3.19. The number of nitrogens with zero attached hydrogens (tertiary/aromatic N) is 2. The van der Waals surface area contributed by atoms with E-state index in [4.69, 9.17) is 4.52 Å². The molecule has 2 heterocycles. The highest BCUT2D eigenvalue weighted by Gasteiger charge is 2.23. The normalized spacial score (nSPS) is 18.5. The van der Waals surface area contributed by atoms with E-state index in [1.54, 1.807) is 0 Å². The Balaban J connectivity index is 1.70. The lowest BCUT2D eigenvalue weighted by atomic mass is 10.1. The van der Waals surface area contributed by atoms with Crippen molar-refractivity contribution in [2.75, 3.05) is 19.6 Å². The van der Waals surface area contributed by atoms with Gasteiger partial charge in [-0.3, -0.25) is 4.90 Å². The fourth-order valence-corrected chi connectivity index (χ4v) is 2.96. The highest BCUT2D eigenvalue weighted by molar-refractivity contribution is 5.58. The summed E-state index contributed by atoms with van der Waals surface area (Å²) < 4.78 is 5.54. The van der Waals surface area contributed by atoms with Crippen LogP contribution in [0.1, 0.15) is 25.5 Å². The molecule has 1 fully saturated rings. The van der Waals surface area contributed by atoms with Gasteiger partial charge >= 0.3 is 0 Å². The highest BCUT2D eigenvalue weighted by atomic mass is 16.5. The second-order valence-corrected chi connectivity index (χ2v) is 5.66. The molecule has 4 nitrogen and oxygen atoms in total. The zero-order valence-corrected chi connectivity index (χ0v) is 12.6. The van der Waals surface area contributed by atoms with E-state index >= 15 is 0 Å². The van der Waals surface area contributed by atoms with Crippen LogP contribution < -0.4 is 5.32 Å². The summed E-state index contributed by atoms with van der Waals surface area (Å²) in [5.74, 6) is 0.953. The van der Waals surface area contributed by atoms with E-state index in [0.29, 0.717) is 6.04 Å². The van der Waals surface area contributed by atoms with Crippen molar-refractivity contribution in [1.29, 1.82) is 0 Å². The molecule has 0 amide bonds. The zero-order valence-electron chi connectivity index (χ0n) is 12.6. The molecule has 1 unspecified atom stereocenters. The Bertz CT molecular complexity index is 546. The smallest absolute Gasteiger partial charge is 0.151 e. The number of nitrogens with one attached hydrogen (secondary N) is 1. The summed E-state index contributed by atoms with van der Waals surface area (Å²) in [7, 11) is 0. The molecule has 1 aromatic heterocycles. The van der Waals surface area contributed by atoms with Gasteiger partial charge in [0.05, 0.1) is 6.54 Å². The van der Waals surface area contributed by atoms with E-state index in [9.17, 15) is 0 Å². The van der Waals surface area contributed by atoms with Gasteiger partial charge in [0.15, 0.2) is 5.76 Å². The first kappa shape index (κ1) is 14.3. The van der Waals surface area contributed by atoms with Gasteiger partial charge in [-0.15, -0.1) is 0 Å². The number of rotatable bonds is 6. The standard InChI is InChI=1S/C17H23N3O/c1-2-10-20(15-8-9-18-12-15)13-16-11-17(19-21-16)14-6-4-3-5-7-14/h3-7,11,15,18H,2,8-10,12-13H2,1H3. The van der Waals surface area contributed by atoms with Crippen molar-refractivity contribution in [1.82, 2.24) is 15.4 Å². The molecule has 0 aliphatic carbocycles. The summed E-state index contributed by atoms with van der Waals surface area (Å²) in [5.41, 5.74) is 2.03. The van der Waals surface area contributed by atoms with Crippen molar-refractivity contribution in [2.45, 2.75) is 32.4 Å². The van der Waals surface area contributed by atoms with Crippen LogP contribution in [0, 0.1) is 0 Å². The van der Waals surface area contributed by atoms with Gasteiger partial charge in [-0.1, -0.05) is 42.4 Å². The third-order valence-electron chi connectivity index (χ3n) is 4.05. The lowest BCUT2D eigenvalue weighted by Crippen LogP contribution is -2.36. The van der Waals surface area contributed by atoms with Crippen molar-refractivity contribution in [3.63, 3.8) is 0 Å². The maximum absolute atomic E-state index is 5.54. The Morgan fingerprint density at radius 3 is 2.90 bits per heavy atom. The highest BCUT2D eigenvalue weighted by Crippen LogP contribution is 2.21. The Morgan fingerprint density at radius 1 is 1.33 bits per heavy atom. The molecule has 4 heteroatoms. The molecule has 0 saturated carbocycles. The first-order valence-corrected chi connectivity index (χ1v) is 7.82. The monoisotopic (exact) mass is 285 g/mol. The molecule has 1 aliphatic heterocycles. The van der Waals surface area contributed by atoms with Crippen molar-refractivity contribution in [3.8, 4) is 11.3 Å². The van der Waals surface area contributed by atoms with Crippen LogP contribution >= 0.6 is 0 Å². The van der Waals surface area contributed by atoms with E-state index in [-0.39, 0.29) is 0 Å². The second-order valence-electron chi connectivity index (χ2n) is 5.66. The molecule has 2 aromatic rings. The minimum atomic E-state index is 0.621. The average molecular weight is 285 g/mol. The largest absolute Gasteiger partial charge is 0.359 e. The molecule has 3 rings (SSSR count). The first-order valence-electron chi connectivity index (χ1n) is 7.82. The van der Waals surface area contributed by atoms with Crippen molar-refractivity contribution >= 4 is 0 Å². The van der Waals surface area contributed by atoms with Crippen LogP contribution in [0.15, 0.2) is 40.9 Å². The van der Waals surface area contributed by atoms with Gasteiger partial charge in [-0.2, -0.15) is 0 Å². The molecule has 21 heavy (non-hydrogen) atoms.